The summed E-state index contributed by atoms with van der Waals surface area (Å²) in [6.07, 6.45) is 0. The molecule has 0 radical (unpaired) electrons. The van der Waals surface area contributed by atoms with Crippen LogP contribution in [-0.2, 0) is 63.2 Å². The maximum absolute atomic E-state index is 11.4. The molecular formula is C124H89N9O10Pt3. The summed E-state index contributed by atoms with van der Waals surface area (Å²) in [4.78, 5) is 27.2. The molecule has 0 amide bonds. The van der Waals surface area contributed by atoms with E-state index in [4.69, 9.17) is 47.8 Å². The Morgan fingerprint density at radius 2 is 0.575 bits per heavy atom. The number of benzene rings is 17. The third kappa shape index (κ3) is 21.6. The Morgan fingerprint density at radius 1 is 0.253 bits per heavy atom. The molecule has 3 aliphatic heterocycles. The van der Waals surface area contributed by atoms with Crippen LogP contribution in [0, 0.1) is 45.1 Å². The molecule has 19 nitrogen and oxygen atoms in total. The van der Waals surface area contributed by atoms with Crippen LogP contribution in [0.2, 0.25) is 0 Å². The van der Waals surface area contributed by atoms with Gasteiger partial charge < -0.3 is 77.6 Å². The van der Waals surface area contributed by atoms with E-state index in [0.29, 0.717) is 69.5 Å². The van der Waals surface area contributed by atoms with Gasteiger partial charge in [0, 0.05) is 91.8 Å². The summed E-state index contributed by atoms with van der Waals surface area (Å²) in [5.74, 6) is 6.34. The van der Waals surface area contributed by atoms with Gasteiger partial charge in [-0.05, 0) is 210 Å². The van der Waals surface area contributed by atoms with E-state index in [1.54, 1.807) is 60.7 Å². The van der Waals surface area contributed by atoms with Gasteiger partial charge >= 0.3 is 63.2 Å². The number of hydrogen-bond acceptors (Lipinski definition) is 19. The average molecular weight is 2450 g/mol. The van der Waals surface area contributed by atoms with E-state index in [1.165, 1.54) is 5.56 Å². The quantitative estimate of drug-likeness (QED) is 0.0543. The fourth-order valence-corrected chi connectivity index (χ4v) is 17.6. The van der Waals surface area contributed by atoms with Gasteiger partial charge in [-0.15, -0.1) is 62.0 Å². The minimum absolute atomic E-state index is 0. The van der Waals surface area contributed by atoms with Crippen molar-refractivity contribution in [3.8, 4) is 165 Å². The van der Waals surface area contributed by atoms with Crippen molar-refractivity contribution in [2.75, 3.05) is 50.5 Å². The summed E-state index contributed by atoms with van der Waals surface area (Å²) in [6.45, 7) is 8.11. The van der Waals surface area contributed by atoms with E-state index in [1.807, 2.05) is 289 Å². The third-order valence-electron chi connectivity index (χ3n) is 24.7. The molecule has 3 aliphatic rings. The number of phenols is 3. The van der Waals surface area contributed by atoms with Gasteiger partial charge in [-0.2, -0.15) is 39.2 Å². The van der Waals surface area contributed by atoms with E-state index in [-0.39, 0.29) is 91.9 Å². The predicted octanol–water partition coefficient (Wildman–Crippen LogP) is 31.5. The van der Waals surface area contributed by atoms with Crippen molar-refractivity contribution in [1.82, 2.24) is 15.0 Å². The molecule has 7 heterocycles. The molecule has 3 N–H and O–H groups in total. The Balaban J connectivity index is 0.000000137. The second kappa shape index (κ2) is 43.9. The summed E-state index contributed by atoms with van der Waals surface area (Å²) < 4.78 is 43.6. The number of anilines is 9. The van der Waals surface area contributed by atoms with Crippen molar-refractivity contribution in [1.29, 1.82) is 0 Å². The molecule has 0 fully saturated rings. The van der Waals surface area contributed by atoms with E-state index < -0.39 is 0 Å². The Labute approximate surface area is 889 Å². The van der Waals surface area contributed by atoms with Crippen LogP contribution in [0.3, 0.4) is 0 Å². The first-order chi connectivity index (χ1) is 70.1. The van der Waals surface area contributed by atoms with Crippen LogP contribution >= 0.6 is 0 Å². The number of para-hydroxylation sites is 8. The second-order valence-corrected chi connectivity index (χ2v) is 34.4. The van der Waals surface area contributed by atoms with Gasteiger partial charge in [0.25, 0.3) is 0 Å². The number of aryl methyl sites for hydroxylation is 1. The number of rotatable bonds is 22. The number of nitrogens with zero attached hydrogens (tertiary/aromatic N) is 9. The smallest absolute Gasteiger partial charge is 0.504 e. The molecule has 4 aromatic heterocycles. The van der Waals surface area contributed by atoms with Crippen molar-refractivity contribution < 1.29 is 111 Å². The maximum atomic E-state index is 11.4. The molecule has 146 heavy (non-hydrogen) atoms. The van der Waals surface area contributed by atoms with E-state index >= 15 is 0 Å². The van der Waals surface area contributed by atoms with Crippen molar-refractivity contribution in [3.05, 3.63) is 474 Å². The number of hydrogen-bond donors (Lipinski definition) is 3. The minimum Gasteiger partial charge on any atom is -0.504 e. The number of ether oxygens (including phenoxy) is 6. The average Bonchev–Trinajstić information content (AvgIpc) is 1.62. The largest absolute Gasteiger partial charge is 2.00 e. The SMILES string of the molecule is CN1[CH-]N(c2cc(-c3ccc(-c4ccccc4)cc3)cc(Oc3[c-]c(Oc4cc(-c5ccccc5)ccc4O)ccc3)n2)c2ccccc21.CN1[CH-]N(c2cc(-c3ccc4c(c3)oc3ccccc34)cc(Oc3cccc(Oc4[c-]ccc(-c5ccccc5)c4)c3O)n2)c2ccccc21.Cc1ccc(-c2cc(Oc3[c-]c(Oc4cc(-c5ccccc5)ccc4O)ccc3)nc(N3[CH-]N(C)c4ccccc43)c2)cc1.[Pt+2].[Pt+2].[Pt+2]. The minimum atomic E-state index is -0.152. The zero-order chi connectivity index (χ0) is 96.8. The molecular weight excluding hydrogens is 2360 g/mol. The fourth-order valence-electron chi connectivity index (χ4n) is 17.6. The van der Waals surface area contributed by atoms with Crippen LogP contribution in [-0.4, -0.2) is 51.4 Å². The first-order valence-electron chi connectivity index (χ1n) is 46.5. The van der Waals surface area contributed by atoms with Crippen molar-refractivity contribution in [2.45, 2.75) is 6.92 Å². The standard InChI is InChI=1S/C43H29N3O4.C43H31N3O3.C38H29N3O3.3Pt/c1-45-27-46(36-17-7-6-16-35(36)45)41-25-31(30-21-22-34-33-15-5-8-18-37(33)49-40(34)24-30)26-42(44-41)50-39-20-10-19-38(43(39)47)48-32-14-9-13-29(23-32)28-11-3-2-4-12-28;1-45-29-46(39-18-9-8-17-38(39)45)42-26-35(33-21-19-32(20-22-33)30-11-4-2-5-12-30)27-43(44-42)49-37-16-10-15-36(28-37)48-41-25-34(23-24-40(41)47)31-13-6-3-7-14-31;1-26-15-17-28(18-16-26)30-22-37(41-25-40(2)33-13-6-7-14-34(33)41)39-38(23-30)44-32-12-8-11-31(24-32)43-36-21-29(19-20-35(36)42)27-9-4-3-5-10-27;;;/h2-13,15-27,47H,1H3;2-27,29,47H,1H3;3-23,25,42H,1-2H3;;;/q3*-2;3*+2. The molecule has 21 aromatic rings. The van der Waals surface area contributed by atoms with Crippen LogP contribution in [0.1, 0.15) is 5.56 Å². The van der Waals surface area contributed by atoms with Gasteiger partial charge in [0.15, 0.2) is 34.5 Å². The molecule has 720 valence electrons. The topological polar surface area (TPSA) is 187 Å². The molecule has 0 bridgehead atoms. The monoisotopic (exact) mass is 2450 g/mol. The number of furan rings is 1. The Hall–Kier alpha value is -16.9. The Morgan fingerprint density at radius 3 is 1.03 bits per heavy atom. The molecule has 22 heteroatoms. The molecule has 0 atom stereocenters. The molecule has 0 saturated carbocycles. The number of phenolic OH excluding ortho intramolecular Hbond substituents is 3. The van der Waals surface area contributed by atoms with Crippen LogP contribution in [0.5, 0.6) is 86.6 Å². The zero-order valence-electron chi connectivity index (χ0n) is 78.9. The predicted molar refractivity (Wildman–Crippen MR) is 567 cm³/mol. The van der Waals surface area contributed by atoms with Gasteiger partial charge in [-0.1, -0.05) is 266 Å². The Kier molecular flexibility index (Phi) is 29.4. The van der Waals surface area contributed by atoms with Gasteiger partial charge in [0.1, 0.15) is 28.6 Å². The molecule has 0 aliphatic carbocycles. The van der Waals surface area contributed by atoms with Gasteiger partial charge in [-0.25, -0.2) is 0 Å². The number of aromatic hydroxyl groups is 3. The fraction of sp³-hybridized carbons (Fsp3) is 0.0323. The van der Waals surface area contributed by atoms with Crippen molar-refractivity contribution >= 4 is 73.5 Å². The molecule has 17 aromatic carbocycles. The summed E-state index contributed by atoms with van der Waals surface area (Å²) >= 11 is 0. The molecule has 0 spiro atoms. The number of pyridine rings is 3. The van der Waals surface area contributed by atoms with Crippen LogP contribution in [0.4, 0.5) is 51.6 Å². The number of aromatic nitrogens is 3. The summed E-state index contributed by atoms with van der Waals surface area (Å²) in [5.41, 5.74) is 23.2. The van der Waals surface area contributed by atoms with Crippen LogP contribution in [0.15, 0.2) is 435 Å². The molecule has 0 saturated heterocycles. The van der Waals surface area contributed by atoms with Crippen molar-refractivity contribution in [2.24, 2.45) is 0 Å². The summed E-state index contributed by atoms with van der Waals surface area (Å²) in [7, 11) is 6.05. The van der Waals surface area contributed by atoms with E-state index in [2.05, 4.69) is 177 Å². The number of fused-ring (bicyclic) bond motifs is 6. The van der Waals surface area contributed by atoms with Crippen molar-refractivity contribution in [3.63, 3.8) is 0 Å². The molecule has 24 rings (SSSR count). The molecule has 0 unspecified atom stereocenters. The summed E-state index contributed by atoms with van der Waals surface area (Å²) in [6, 6.07) is 150. The zero-order valence-corrected chi connectivity index (χ0v) is 85.7. The second-order valence-electron chi connectivity index (χ2n) is 34.4. The van der Waals surface area contributed by atoms with E-state index in [9.17, 15) is 15.3 Å². The van der Waals surface area contributed by atoms with Gasteiger partial charge in [-0.3, -0.25) is 0 Å². The third-order valence-corrected chi connectivity index (χ3v) is 24.7. The normalized spacial score (nSPS) is 12.0. The Bertz CT molecular complexity index is 8250. The van der Waals surface area contributed by atoms with E-state index in [0.717, 1.165) is 140 Å². The summed E-state index contributed by atoms with van der Waals surface area (Å²) in [5, 5.41) is 34.6. The van der Waals surface area contributed by atoms with Gasteiger partial charge in [0.2, 0.25) is 23.4 Å². The van der Waals surface area contributed by atoms with Crippen LogP contribution in [0.25, 0.3) is 99.8 Å². The van der Waals surface area contributed by atoms with Gasteiger partial charge in [0.05, 0.1) is 0 Å². The van der Waals surface area contributed by atoms with Crippen LogP contribution < -0.4 is 57.8 Å². The first kappa shape index (κ1) is 97.9. The first-order valence-corrected chi connectivity index (χ1v) is 46.5. The maximum Gasteiger partial charge on any atom is 2.00 e.